The molecule has 0 radical (unpaired) electrons. The maximum atomic E-state index is 14.1. The first kappa shape index (κ1) is 26.6. The van der Waals surface area contributed by atoms with Crippen LogP contribution in [0.4, 0.5) is 4.39 Å². The molecule has 2 rings (SSSR count). The normalized spacial score (nSPS) is 15.9. The van der Waals surface area contributed by atoms with Crippen LogP contribution in [-0.2, 0) is 11.3 Å². The third-order valence-corrected chi connectivity index (χ3v) is 5.51. The van der Waals surface area contributed by atoms with Crippen LogP contribution in [-0.4, -0.2) is 56.3 Å². The van der Waals surface area contributed by atoms with Crippen LogP contribution < -0.4 is 10.6 Å². The summed E-state index contributed by atoms with van der Waals surface area (Å²) in [7, 11) is 0. The quantitative estimate of drug-likeness (QED) is 0.290. The summed E-state index contributed by atoms with van der Waals surface area (Å²) in [4.78, 5) is 7.06. The second-order valence-electron chi connectivity index (χ2n) is 7.29. The lowest BCUT2D eigenvalue weighted by molar-refractivity contribution is 0.00272. The molecule has 30 heavy (non-hydrogen) atoms. The molecule has 8 heteroatoms. The third kappa shape index (κ3) is 8.00. The molecule has 0 saturated carbocycles. The van der Waals surface area contributed by atoms with E-state index in [0.29, 0.717) is 29.0 Å². The number of hydrogen-bond donors (Lipinski definition) is 2. The number of guanidine groups is 1. The standard InChI is InChI=1S/C22H34FN5O.HI/c1-4-18(5-2)21(28-9-11-29-12-10-28)16-27-22(25-6-3)26-15-19-13-17(14-24)7-8-20(19)23;/h7-8,13,18,21H,4-6,9-12,15-16H2,1-3H3,(H2,25,26,27);1H. The van der Waals surface area contributed by atoms with Gasteiger partial charge in [-0.15, -0.1) is 24.0 Å². The lowest BCUT2D eigenvalue weighted by atomic mass is 9.92. The molecule has 1 aliphatic heterocycles. The van der Waals surface area contributed by atoms with Gasteiger partial charge in [0.15, 0.2) is 5.96 Å². The first-order chi connectivity index (χ1) is 14.1. The van der Waals surface area contributed by atoms with E-state index >= 15 is 0 Å². The molecule has 0 amide bonds. The van der Waals surface area contributed by atoms with Crippen molar-refractivity contribution in [2.24, 2.45) is 10.9 Å². The Morgan fingerprint density at radius 2 is 1.93 bits per heavy atom. The molecule has 1 heterocycles. The molecule has 0 aliphatic carbocycles. The van der Waals surface area contributed by atoms with Crippen molar-refractivity contribution in [1.29, 1.82) is 5.26 Å². The van der Waals surface area contributed by atoms with Gasteiger partial charge in [0.25, 0.3) is 0 Å². The summed E-state index contributed by atoms with van der Waals surface area (Å²) in [6, 6.07) is 6.81. The van der Waals surface area contributed by atoms with E-state index in [0.717, 1.165) is 52.2 Å². The van der Waals surface area contributed by atoms with Gasteiger partial charge in [-0.05, 0) is 31.0 Å². The van der Waals surface area contributed by atoms with Gasteiger partial charge >= 0.3 is 0 Å². The maximum absolute atomic E-state index is 14.1. The molecule has 6 nitrogen and oxygen atoms in total. The molecule has 1 fully saturated rings. The van der Waals surface area contributed by atoms with Gasteiger partial charge in [0.05, 0.1) is 31.4 Å². The Morgan fingerprint density at radius 3 is 2.53 bits per heavy atom. The summed E-state index contributed by atoms with van der Waals surface area (Å²) >= 11 is 0. The van der Waals surface area contributed by atoms with Crippen LogP contribution >= 0.6 is 24.0 Å². The Hall–Kier alpha value is -1.44. The van der Waals surface area contributed by atoms with Crippen molar-refractivity contribution >= 4 is 29.9 Å². The lowest BCUT2D eigenvalue weighted by Gasteiger charge is -2.39. The number of ether oxygens (including phenoxy) is 1. The molecule has 1 saturated heterocycles. The van der Waals surface area contributed by atoms with Gasteiger partial charge in [0.1, 0.15) is 5.82 Å². The Balaban J connectivity index is 0.00000450. The molecular weight excluding hydrogens is 496 g/mol. The number of morpholine rings is 1. The summed E-state index contributed by atoms with van der Waals surface area (Å²) in [5, 5.41) is 15.7. The predicted octanol–water partition coefficient (Wildman–Crippen LogP) is 3.51. The van der Waals surface area contributed by atoms with Gasteiger partial charge < -0.3 is 15.4 Å². The van der Waals surface area contributed by atoms with Crippen molar-refractivity contribution in [3.05, 3.63) is 35.1 Å². The highest BCUT2D eigenvalue weighted by Crippen LogP contribution is 2.19. The van der Waals surface area contributed by atoms with Crippen molar-refractivity contribution in [2.75, 3.05) is 39.4 Å². The number of nitrogens with one attached hydrogen (secondary N) is 2. The third-order valence-electron chi connectivity index (χ3n) is 5.51. The number of hydrogen-bond acceptors (Lipinski definition) is 4. The Bertz CT molecular complexity index is 699. The molecule has 1 aliphatic rings. The minimum atomic E-state index is -0.341. The highest BCUT2D eigenvalue weighted by atomic mass is 127. The lowest BCUT2D eigenvalue weighted by Crippen LogP contribution is -2.53. The Morgan fingerprint density at radius 1 is 1.23 bits per heavy atom. The molecule has 168 valence electrons. The summed E-state index contributed by atoms with van der Waals surface area (Å²) in [5.74, 6) is 0.915. The van der Waals surface area contributed by atoms with Gasteiger partial charge in [-0.3, -0.25) is 4.90 Å². The van der Waals surface area contributed by atoms with E-state index < -0.39 is 0 Å². The van der Waals surface area contributed by atoms with E-state index in [1.54, 1.807) is 6.07 Å². The van der Waals surface area contributed by atoms with E-state index in [9.17, 15) is 4.39 Å². The fraction of sp³-hybridized carbons (Fsp3) is 0.636. The van der Waals surface area contributed by atoms with Crippen LogP contribution in [0.3, 0.4) is 0 Å². The molecular formula is C22H35FIN5O. The van der Waals surface area contributed by atoms with E-state index in [2.05, 4.69) is 34.4 Å². The first-order valence-corrected chi connectivity index (χ1v) is 10.6. The summed E-state index contributed by atoms with van der Waals surface area (Å²) in [6.45, 7) is 11.6. The summed E-state index contributed by atoms with van der Waals surface area (Å²) in [5.41, 5.74) is 0.863. The monoisotopic (exact) mass is 531 g/mol. The van der Waals surface area contributed by atoms with Crippen LogP contribution in [0.1, 0.15) is 44.7 Å². The molecule has 2 N–H and O–H groups in total. The van der Waals surface area contributed by atoms with E-state index in [1.807, 2.05) is 13.0 Å². The smallest absolute Gasteiger partial charge is 0.191 e. The van der Waals surface area contributed by atoms with E-state index in [-0.39, 0.29) is 36.3 Å². The van der Waals surface area contributed by atoms with Crippen LogP contribution in [0, 0.1) is 23.1 Å². The van der Waals surface area contributed by atoms with Gasteiger partial charge in [-0.2, -0.15) is 5.26 Å². The topological polar surface area (TPSA) is 72.7 Å². The molecule has 0 bridgehead atoms. The van der Waals surface area contributed by atoms with Crippen molar-refractivity contribution in [3.63, 3.8) is 0 Å². The zero-order valence-electron chi connectivity index (χ0n) is 18.3. The van der Waals surface area contributed by atoms with Gasteiger partial charge in [0.2, 0.25) is 0 Å². The number of aliphatic imine (C=N–C) groups is 1. The molecule has 1 aromatic rings. The summed E-state index contributed by atoms with van der Waals surface area (Å²) < 4.78 is 19.6. The van der Waals surface area contributed by atoms with Crippen molar-refractivity contribution in [3.8, 4) is 6.07 Å². The molecule has 1 atom stereocenters. The first-order valence-electron chi connectivity index (χ1n) is 10.6. The van der Waals surface area contributed by atoms with Crippen LogP contribution in [0.2, 0.25) is 0 Å². The predicted molar refractivity (Wildman–Crippen MR) is 130 cm³/mol. The Kier molecular flexibility index (Phi) is 12.9. The average Bonchev–Trinajstić information content (AvgIpc) is 2.76. The van der Waals surface area contributed by atoms with E-state index in [1.165, 1.54) is 12.1 Å². The van der Waals surface area contributed by atoms with Gasteiger partial charge in [-0.1, -0.05) is 26.7 Å². The van der Waals surface area contributed by atoms with E-state index in [4.69, 9.17) is 10.00 Å². The average molecular weight is 531 g/mol. The zero-order chi connectivity index (χ0) is 21.1. The summed E-state index contributed by atoms with van der Waals surface area (Å²) in [6.07, 6.45) is 2.25. The number of halogens is 2. The number of benzene rings is 1. The minimum absolute atomic E-state index is 0. The van der Waals surface area contributed by atoms with Crippen LogP contribution in [0.15, 0.2) is 23.2 Å². The SMILES string of the molecule is CCNC(=NCc1cc(C#N)ccc1F)NCC(C(CC)CC)N1CCOCC1.I. The second-order valence-corrected chi connectivity index (χ2v) is 7.29. The van der Waals surface area contributed by atoms with Gasteiger partial charge in [-0.25, -0.2) is 9.38 Å². The van der Waals surface area contributed by atoms with Crippen molar-refractivity contribution < 1.29 is 9.13 Å². The molecule has 1 unspecified atom stereocenters. The maximum Gasteiger partial charge on any atom is 0.191 e. The highest BCUT2D eigenvalue weighted by Gasteiger charge is 2.27. The second kappa shape index (κ2) is 14.5. The molecule has 0 aromatic heterocycles. The highest BCUT2D eigenvalue weighted by molar-refractivity contribution is 14.0. The largest absolute Gasteiger partial charge is 0.379 e. The number of rotatable bonds is 9. The Labute approximate surface area is 197 Å². The zero-order valence-corrected chi connectivity index (χ0v) is 20.6. The van der Waals surface area contributed by atoms with Crippen molar-refractivity contribution in [2.45, 2.75) is 46.2 Å². The number of nitrogens with zero attached hydrogens (tertiary/aromatic N) is 3. The van der Waals surface area contributed by atoms with Crippen LogP contribution in [0.25, 0.3) is 0 Å². The van der Waals surface area contributed by atoms with Crippen molar-refractivity contribution in [1.82, 2.24) is 15.5 Å². The molecule has 0 spiro atoms. The fourth-order valence-corrected chi connectivity index (χ4v) is 3.81. The minimum Gasteiger partial charge on any atom is -0.379 e. The number of nitriles is 1. The molecule has 1 aromatic carbocycles. The fourth-order valence-electron chi connectivity index (χ4n) is 3.81. The van der Waals surface area contributed by atoms with Gasteiger partial charge in [0, 0.05) is 37.8 Å². The van der Waals surface area contributed by atoms with Crippen LogP contribution in [0.5, 0.6) is 0 Å².